The van der Waals surface area contributed by atoms with E-state index in [1.54, 1.807) is 41.5 Å². The van der Waals surface area contributed by atoms with E-state index in [2.05, 4.69) is 10.6 Å². The van der Waals surface area contributed by atoms with Crippen molar-refractivity contribution in [3.8, 4) is 11.8 Å². The summed E-state index contributed by atoms with van der Waals surface area (Å²) in [6.07, 6.45) is -1.55. The van der Waals surface area contributed by atoms with Crippen molar-refractivity contribution in [2.45, 2.75) is 71.2 Å². The fourth-order valence-corrected chi connectivity index (χ4v) is 2.99. The van der Waals surface area contributed by atoms with Crippen molar-refractivity contribution in [3.63, 3.8) is 0 Å². The van der Waals surface area contributed by atoms with Crippen LogP contribution in [0.3, 0.4) is 0 Å². The molecule has 2 unspecified atom stereocenters. The number of benzene rings is 1. The largest absolute Gasteiger partial charge is 0.508 e. The van der Waals surface area contributed by atoms with Crippen LogP contribution in [0.5, 0.6) is 5.75 Å². The Bertz CT molecular complexity index is 941. The minimum absolute atomic E-state index is 0.0601. The Morgan fingerprint density at radius 1 is 1.12 bits per heavy atom. The van der Waals surface area contributed by atoms with Gasteiger partial charge in [0.25, 0.3) is 0 Å². The van der Waals surface area contributed by atoms with E-state index in [4.69, 9.17) is 10.5 Å². The molecule has 0 saturated carbocycles. The second-order valence-corrected chi connectivity index (χ2v) is 9.73. The Morgan fingerprint density at radius 2 is 1.68 bits per heavy atom. The molecular weight excluding hydrogens is 442 g/mol. The van der Waals surface area contributed by atoms with E-state index in [0.717, 1.165) is 4.90 Å². The number of alkyl carbamates (subject to hydrolysis) is 1. The summed E-state index contributed by atoms with van der Waals surface area (Å²) < 4.78 is 5.17. The normalized spacial score (nSPS) is 13.1. The third-order valence-corrected chi connectivity index (χ3v) is 4.19. The van der Waals surface area contributed by atoms with Gasteiger partial charge in [0.1, 0.15) is 30.0 Å². The molecule has 0 aliphatic rings. The molecule has 2 atom stereocenters. The standard InChI is InChI=1S/C23H33N5O6/c1-22(2,3)27-19(31)18(14-7-9-15(29)10-8-14)28(12-11-24)20(32)16(13-17(25)30)26-21(33)34-23(4,5)6/h7-10,16,18,29H,12-13H2,1-6H3,(H2,25,30)(H,26,33)(H,27,31). The van der Waals surface area contributed by atoms with Crippen LogP contribution in [-0.4, -0.2) is 57.5 Å². The summed E-state index contributed by atoms with van der Waals surface area (Å²) in [7, 11) is 0. The van der Waals surface area contributed by atoms with Gasteiger partial charge in [-0.3, -0.25) is 14.4 Å². The lowest BCUT2D eigenvalue weighted by atomic mass is 10.00. The van der Waals surface area contributed by atoms with Crippen LogP contribution in [0.4, 0.5) is 4.79 Å². The predicted molar refractivity (Wildman–Crippen MR) is 123 cm³/mol. The van der Waals surface area contributed by atoms with Gasteiger partial charge in [0.2, 0.25) is 17.7 Å². The number of aromatic hydroxyl groups is 1. The van der Waals surface area contributed by atoms with Gasteiger partial charge in [-0.15, -0.1) is 0 Å². The highest BCUT2D eigenvalue weighted by Gasteiger charge is 2.37. The third kappa shape index (κ3) is 9.36. The number of nitrogens with one attached hydrogen (secondary N) is 2. The number of nitriles is 1. The van der Waals surface area contributed by atoms with E-state index in [1.165, 1.54) is 24.3 Å². The maximum absolute atomic E-state index is 13.5. The van der Waals surface area contributed by atoms with E-state index in [1.807, 2.05) is 6.07 Å². The number of primary amides is 1. The fraction of sp³-hybridized carbons (Fsp3) is 0.522. The number of hydrogen-bond donors (Lipinski definition) is 4. The average Bonchev–Trinajstić information content (AvgIpc) is 2.64. The van der Waals surface area contributed by atoms with Crippen LogP contribution in [0.1, 0.15) is 59.6 Å². The average molecular weight is 476 g/mol. The smallest absolute Gasteiger partial charge is 0.408 e. The molecule has 0 bridgehead atoms. The molecule has 1 rings (SSSR count). The lowest BCUT2D eigenvalue weighted by Crippen LogP contribution is -2.55. The van der Waals surface area contributed by atoms with Crippen LogP contribution < -0.4 is 16.4 Å². The number of nitrogens with zero attached hydrogens (tertiary/aromatic N) is 2. The number of nitrogens with two attached hydrogens (primary N) is 1. The first-order chi connectivity index (χ1) is 15.5. The van der Waals surface area contributed by atoms with E-state index in [9.17, 15) is 29.5 Å². The molecule has 1 aromatic rings. The molecule has 1 aromatic carbocycles. The van der Waals surface area contributed by atoms with Crippen molar-refractivity contribution in [1.82, 2.24) is 15.5 Å². The fourth-order valence-electron chi connectivity index (χ4n) is 2.99. The zero-order valence-electron chi connectivity index (χ0n) is 20.3. The monoisotopic (exact) mass is 475 g/mol. The molecule has 5 N–H and O–H groups in total. The number of carbonyl (C=O) groups is 4. The topological polar surface area (TPSA) is 175 Å². The lowest BCUT2D eigenvalue weighted by molar-refractivity contribution is -0.143. The second kappa shape index (κ2) is 11.4. The van der Waals surface area contributed by atoms with Crippen LogP contribution in [-0.2, 0) is 19.1 Å². The molecule has 0 spiro atoms. The summed E-state index contributed by atoms with van der Waals surface area (Å²) >= 11 is 0. The number of carbonyl (C=O) groups excluding carboxylic acids is 4. The van der Waals surface area contributed by atoms with Crippen molar-refractivity contribution >= 4 is 23.8 Å². The molecule has 0 heterocycles. The molecule has 0 fully saturated rings. The van der Waals surface area contributed by atoms with Crippen LogP contribution in [0, 0.1) is 11.3 Å². The van der Waals surface area contributed by atoms with Gasteiger partial charge in [-0.25, -0.2) is 4.79 Å². The quantitative estimate of drug-likeness (QED) is 0.412. The number of rotatable bonds is 8. The highest BCUT2D eigenvalue weighted by molar-refractivity contribution is 5.94. The zero-order chi connectivity index (χ0) is 26.3. The molecule has 0 aliphatic heterocycles. The first-order valence-corrected chi connectivity index (χ1v) is 10.6. The van der Waals surface area contributed by atoms with Crippen LogP contribution in [0.15, 0.2) is 24.3 Å². The summed E-state index contributed by atoms with van der Waals surface area (Å²) in [5.41, 5.74) is 4.04. The van der Waals surface area contributed by atoms with E-state index < -0.39 is 60.0 Å². The van der Waals surface area contributed by atoms with Gasteiger partial charge in [-0.1, -0.05) is 12.1 Å². The molecule has 186 valence electrons. The van der Waals surface area contributed by atoms with Crippen LogP contribution >= 0.6 is 0 Å². The van der Waals surface area contributed by atoms with Crippen LogP contribution in [0.2, 0.25) is 0 Å². The van der Waals surface area contributed by atoms with Gasteiger partial charge in [0.15, 0.2) is 0 Å². The molecule has 11 heteroatoms. The van der Waals surface area contributed by atoms with E-state index >= 15 is 0 Å². The first kappa shape index (κ1) is 28.2. The molecule has 0 radical (unpaired) electrons. The molecule has 0 aliphatic carbocycles. The summed E-state index contributed by atoms with van der Waals surface area (Å²) in [6.45, 7) is 9.57. The minimum atomic E-state index is -1.48. The first-order valence-electron chi connectivity index (χ1n) is 10.6. The van der Waals surface area contributed by atoms with Crippen molar-refractivity contribution in [2.24, 2.45) is 5.73 Å². The van der Waals surface area contributed by atoms with Gasteiger partial charge in [0.05, 0.1) is 12.5 Å². The molecule has 4 amide bonds. The molecule has 11 nitrogen and oxygen atoms in total. The third-order valence-electron chi connectivity index (χ3n) is 4.19. The predicted octanol–water partition coefficient (Wildman–Crippen LogP) is 1.47. The van der Waals surface area contributed by atoms with Gasteiger partial charge in [-0.05, 0) is 59.2 Å². The Morgan fingerprint density at radius 3 is 2.12 bits per heavy atom. The number of phenolic OH excluding ortho intramolecular Hbond substituents is 1. The minimum Gasteiger partial charge on any atom is -0.508 e. The molecule has 0 aromatic heterocycles. The Kier molecular flexibility index (Phi) is 9.43. The second-order valence-electron chi connectivity index (χ2n) is 9.73. The lowest BCUT2D eigenvalue weighted by Gasteiger charge is -2.34. The van der Waals surface area contributed by atoms with E-state index in [-0.39, 0.29) is 5.75 Å². The van der Waals surface area contributed by atoms with Crippen molar-refractivity contribution in [1.29, 1.82) is 5.26 Å². The Hall–Kier alpha value is -3.81. The van der Waals surface area contributed by atoms with Crippen molar-refractivity contribution in [3.05, 3.63) is 29.8 Å². The zero-order valence-corrected chi connectivity index (χ0v) is 20.3. The molecule has 0 saturated heterocycles. The van der Waals surface area contributed by atoms with Crippen molar-refractivity contribution in [2.75, 3.05) is 6.54 Å². The van der Waals surface area contributed by atoms with Gasteiger partial charge >= 0.3 is 6.09 Å². The highest BCUT2D eigenvalue weighted by Crippen LogP contribution is 2.25. The maximum atomic E-state index is 13.5. The van der Waals surface area contributed by atoms with Gasteiger partial charge in [0, 0.05) is 5.54 Å². The van der Waals surface area contributed by atoms with Crippen molar-refractivity contribution < 1.29 is 29.0 Å². The number of hydrogen-bond acceptors (Lipinski definition) is 7. The van der Waals surface area contributed by atoms with E-state index in [0.29, 0.717) is 5.56 Å². The summed E-state index contributed by atoms with van der Waals surface area (Å²) in [4.78, 5) is 51.6. The number of amides is 4. The number of ether oxygens (including phenoxy) is 1. The van der Waals surface area contributed by atoms with Gasteiger partial charge < -0.3 is 31.1 Å². The number of phenols is 1. The van der Waals surface area contributed by atoms with Gasteiger partial charge in [-0.2, -0.15) is 5.26 Å². The Balaban J connectivity index is 3.46. The SMILES string of the molecule is CC(C)(C)NC(=O)C(c1ccc(O)cc1)N(CC#N)C(=O)C(CC(N)=O)NC(=O)OC(C)(C)C. The summed E-state index contributed by atoms with van der Waals surface area (Å²) in [5, 5.41) is 24.1. The summed E-state index contributed by atoms with van der Waals surface area (Å²) in [6, 6.07) is 4.60. The highest BCUT2D eigenvalue weighted by atomic mass is 16.6. The van der Waals surface area contributed by atoms with Crippen LogP contribution in [0.25, 0.3) is 0 Å². The molecular formula is C23H33N5O6. The maximum Gasteiger partial charge on any atom is 0.408 e. The Labute approximate surface area is 199 Å². The summed E-state index contributed by atoms with van der Waals surface area (Å²) in [5.74, 6) is -2.42. The molecule has 34 heavy (non-hydrogen) atoms.